The maximum absolute atomic E-state index is 13.1. The molecule has 3 aromatic heterocycles. The van der Waals surface area contributed by atoms with Crippen LogP contribution in [0, 0.1) is 10.1 Å². The van der Waals surface area contributed by atoms with Crippen molar-refractivity contribution < 1.29 is 9.72 Å². The maximum atomic E-state index is 13.1. The van der Waals surface area contributed by atoms with Crippen molar-refractivity contribution in [2.24, 2.45) is 0 Å². The highest BCUT2D eigenvalue weighted by molar-refractivity contribution is 7.13. The quantitative estimate of drug-likeness (QED) is 0.311. The van der Waals surface area contributed by atoms with Crippen LogP contribution in [0.5, 0.6) is 0 Å². The second-order valence-electron chi connectivity index (χ2n) is 7.70. The number of nitro benzene ring substituents is 1. The summed E-state index contributed by atoms with van der Waals surface area (Å²) in [5.74, 6) is -0.390. The van der Waals surface area contributed by atoms with Crippen molar-refractivity contribution in [1.29, 1.82) is 0 Å². The summed E-state index contributed by atoms with van der Waals surface area (Å²) in [5, 5.41) is 20.7. The van der Waals surface area contributed by atoms with Gasteiger partial charge in [-0.05, 0) is 49.3 Å². The molecule has 4 aromatic rings. The fourth-order valence-corrected chi connectivity index (χ4v) is 4.75. The number of aryl methyl sites for hydroxylation is 1. The highest BCUT2D eigenvalue weighted by Gasteiger charge is 2.24. The Morgan fingerprint density at radius 1 is 1.24 bits per heavy atom. The zero-order chi connectivity index (χ0) is 23.8. The lowest BCUT2D eigenvalue weighted by molar-refractivity contribution is -0.385. The first-order valence-corrected chi connectivity index (χ1v) is 11.7. The molecule has 0 radical (unpaired) electrons. The molecule has 0 spiro atoms. The molecule has 172 valence electrons. The number of amides is 1. The SMILES string of the molecule is O=C(Nc1cc(-c2cccs2)nn1-c1nc2c(c(=O)[nH]1)CCCC2)c1cc(Cl)ccc1[N+](=O)[O-]. The number of aromatic amines is 1. The molecule has 1 aliphatic rings. The highest BCUT2D eigenvalue weighted by Crippen LogP contribution is 2.29. The van der Waals surface area contributed by atoms with E-state index in [-0.39, 0.29) is 33.6 Å². The fourth-order valence-electron chi connectivity index (χ4n) is 3.90. The van der Waals surface area contributed by atoms with Gasteiger partial charge in [0, 0.05) is 22.7 Å². The normalized spacial score (nSPS) is 12.9. The van der Waals surface area contributed by atoms with Crippen LogP contribution in [0.2, 0.25) is 5.02 Å². The van der Waals surface area contributed by atoms with Gasteiger partial charge in [0.1, 0.15) is 17.1 Å². The Kier molecular flexibility index (Phi) is 5.72. The largest absolute Gasteiger partial charge is 0.306 e. The average Bonchev–Trinajstić information content (AvgIpc) is 3.49. The summed E-state index contributed by atoms with van der Waals surface area (Å²) in [6.07, 6.45) is 3.22. The van der Waals surface area contributed by atoms with Crippen LogP contribution in [0.15, 0.2) is 46.6 Å². The molecule has 0 atom stereocenters. The topological polar surface area (TPSA) is 136 Å². The van der Waals surface area contributed by atoms with Crippen molar-refractivity contribution in [3.8, 4) is 16.5 Å². The Hall–Kier alpha value is -3.83. The van der Waals surface area contributed by atoms with Crippen LogP contribution < -0.4 is 10.9 Å². The Morgan fingerprint density at radius 3 is 2.82 bits per heavy atom. The molecule has 0 unspecified atom stereocenters. The Morgan fingerprint density at radius 2 is 2.06 bits per heavy atom. The van der Waals surface area contributed by atoms with Gasteiger partial charge in [0.2, 0.25) is 5.95 Å². The average molecular weight is 497 g/mol. The van der Waals surface area contributed by atoms with E-state index in [4.69, 9.17) is 11.6 Å². The molecule has 34 heavy (non-hydrogen) atoms. The summed E-state index contributed by atoms with van der Waals surface area (Å²) >= 11 is 7.44. The number of rotatable bonds is 5. The summed E-state index contributed by atoms with van der Waals surface area (Å²) in [4.78, 5) is 44.7. The molecule has 0 aliphatic heterocycles. The van der Waals surface area contributed by atoms with E-state index in [0.29, 0.717) is 29.8 Å². The molecule has 1 aliphatic carbocycles. The van der Waals surface area contributed by atoms with Crippen molar-refractivity contribution in [2.75, 3.05) is 5.32 Å². The molecule has 3 heterocycles. The Bertz CT molecular complexity index is 1480. The van der Waals surface area contributed by atoms with Crippen LogP contribution in [0.1, 0.15) is 34.5 Å². The summed E-state index contributed by atoms with van der Waals surface area (Å²) in [6, 6.07) is 9.11. The monoisotopic (exact) mass is 496 g/mol. The number of thiophene rings is 1. The third kappa shape index (κ3) is 4.11. The maximum Gasteiger partial charge on any atom is 0.282 e. The first-order chi connectivity index (χ1) is 16.4. The molecule has 1 aromatic carbocycles. The van der Waals surface area contributed by atoms with Gasteiger partial charge in [0.25, 0.3) is 17.2 Å². The minimum absolute atomic E-state index is 0.157. The van der Waals surface area contributed by atoms with Crippen molar-refractivity contribution in [3.05, 3.63) is 84.1 Å². The lowest BCUT2D eigenvalue weighted by atomic mass is 9.97. The second kappa shape index (κ2) is 8.84. The molecule has 0 saturated heterocycles. The number of anilines is 1. The standard InChI is InChI=1S/C22H17ClN6O4S/c23-12-7-8-17(29(32)33)14(10-12)21(31)25-19-11-16(18-6-3-9-34-18)27-28(19)22-24-15-5-2-1-4-13(15)20(30)26-22/h3,6-11H,1-2,4-5H2,(H,25,31)(H,24,26,30). The van der Waals surface area contributed by atoms with Gasteiger partial charge in [-0.2, -0.15) is 9.78 Å². The summed E-state index contributed by atoms with van der Waals surface area (Å²) in [7, 11) is 0. The summed E-state index contributed by atoms with van der Waals surface area (Å²) in [5.41, 5.74) is 1.10. The van der Waals surface area contributed by atoms with Crippen LogP contribution in [0.25, 0.3) is 16.5 Å². The number of aromatic nitrogens is 4. The van der Waals surface area contributed by atoms with Crippen LogP contribution in [-0.2, 0) is 12.8 Å². The van der Waals surface area contributed by atoms with Crippen molar-refractivity contribution in [2.45, 2.75) is 25.7 Å². The number of benzene rings is 1. The number of carbonyl (C=O) groups is 1. The number of nitro groups is 1. The van der Waals surface area contributed by atoms with Crippen LogP contribution >= 0.6 is 22.9 Å². The summed E-state index contributed by atoms with van der Waals surface area (Å²) < 4.78 is 1.33. The van der Waals surface area contributed by atoms with Gasteiger partial charge in [0.15, 0.2) is 0 Å². The molecule has 12 heteroatoms. The van der Waals surface area contributed by atoms with Crippen molar-refractivity contribution in [3.63, 3.8) is 0 Å². The zero-order valence-electron chi connectivity index (χ0n) is 17.6. The number of nitrogens with zero attached hydrogens (tertiary/aromatic N) is 4. The van der Waals surface area contributed by atoms with E-state index in [1.165, 1.54) is 34.2 Å². The molecular weight excluding hydrogens is 480 g/mol. The molecule has 0 fully saturated rings. The smallest absolute Gasteiger partial charge is 0.282 e. The molecule has 2 N–H and O–H groups in total. The first-order valence-electron chi connectivity index (χ1n) is 10.4. The van der Waals surface area contributed by atoms with Crippen LogP contribution in [0.3, 0.4) is 0 Å². The van der Waals surface area contributed by atoms with E-state index in [1.807, 2.05) is 17.5 Å². The molecule has 5 rings (SSSR count). The number of halogens is 1. The second-order valence-corrected chi connectivity index (χ2v) is 9.08. The van der Waals surface area contributed by atoms with Crippen molar-refractivity contribution >= 4 is 40.4 Å². The Labute approximate surface area is 201 Å². The molecular formula is C22H17ClN6O4S. The van der Waals surface area contributed by atoms with E-state index >= 15 is 0 Å². The number of hydrogen-bond donors (Lipinski definition) is 2. The lowest BCUT2D eigenvalue weighted by Gasteiger charge is -2.15. The van der Waals surface area contributed by atoms with Gasteiger partial charge in [0.05, 0.1) is 15.5 Å². The first kappa shape index (κ1) is 22.0. The molecule has 1 amide bonds. The predicted octanol–water partition coefficient (Wildman–Crippen LogP) is 4.38. The van der Waals surface area contributed by atoms with Crippen LogP contribution in [0.4, 0.5) is 11.5 Å². The fraction of sp³-hybridized carbons (Fsp3) is 0.182. The van der Waals surface area contributed by atoms with E-state index in [2.05, 4.69) is 20.4 Å². The predicted molar refractivity (Wildman–Crippen MR) is 128 cm³/mol. The van der Waals surface area contributed by atoms with E-state index in [9.17, 15) is 19.7 Å². The van der Waals surface area contributed by atoms with Gasteiger partial charge < -0.3 is 5.32 Å². The van der Waals surface area contributed by atoms with Gasteiger partial charge in [-0.25, -0.2) is 4.98 Å². The number of H-pyrrole nitrogens is 1. The van der Waals surface area contributed by atoms with Gasteiger partial charge in [-0.3, -0.25) is 24.7 Å². The van der Waals surface area contributed by atoms with Crippen LogP contribution in [-0.4, -0.2) is 30.6 Å². The number of hydrogen-bond acceptors (Lipinski definition) is 7. The van der Waals surface area contributed by atoms with Gasteiger partial charge in [-0.15, -0.1) is 11.3 Å². The summed E-state index contributed by atoms with van der Waals surface area (Å²) in [6.45, 7) is 0. The van der Waals surface area contributed by atoms with Gasteiger partial charge >= 0.3 is 0 Å². The molecule has 0 saturated carbocycles. The van der Waals surface area contributed by atoms with Gasteiger partial charge in [-0.1, -0.05) is 17.7 Å². The molecule has 0 bridgehead atoms. The number of fused-ring (bicyclic) bond motifs is 1. The number of carbonyl (C=O) groups excluding carboxylic acids is 1. The highest BCUT2D eigenvalue weighted by atomic mass is 35.5. The Balaban J connectivity index is 1.60. The zero-order valence-corrected chi connectivity index (χ0v) is 19.2. The van der Waals surface area contributed by atoms with Crippen molar-refractivity contribution in [1.82, 2.24) is 19.7 Å². The lowest BCUT2D eigenvalue weighted by Crippen LogP contribution is -2.25. The van der Waals surface area contributed by atoms with E-state index in [0.717, 1.165) is 17.7 Å². The molecule has 10 nitrogen and oxygen atoms in total. The minimum atomic E-state index is -0.742. The third-order valence-electron chi connectivity index (χ3n) is 5.50. The third-order valence-corrected chi connectivity index (χ3v) is 6.63. The number of nitrogens with one attached hydrogen (secondary N) is 2. The van der Waals surface area contributed by atoms with E-state index < -0.39 is 10.8 Å². The minimum Gasteiger partial charge on any atom is -0.306 e. The van der Waals surface area contributed by atoms with E-state index in [1.54, 1.807) is 6.07 Å².